The fraction of sp³-hybridized carbons (Fsp3) is 0.323. The molecule has 1 amide bonds. The number of rotatable bonds is 11. The molecule has 1 aliphatic heterocycles. The third-order valence-electron chi connectivity index (χ3n) is 7.13. The third-order valence-corrected chi connectivity index (χ3v) is 8.20. The van der Waals surface area contributed by atoms with E-state index in [-0.39, 0.29) is 11.9 Å². The third kappa shape index (κ3) is 6.87. The Labute approximate surface area is 249 Å². The fourth-order valence-electron chi connectivity index (χ4n) is 4.91. The molecule has 2 N–H and O–H groups in total. The second-order valence-corrected chi connectivity index (χ2v) is 11.1. The molecule has 0 spiro atoms. The number of methoxy groups -OCH3 is 1. The molecule has 0 aromatic heterocycles. The minimum Gasteiger partial charge on any atom is -0.493 e. The lowest BCUT2D eigenvalue weighted by molar-refractivity contribution is -0.118. The lowest BCUT2D eigenvalue weighted by Crippen LogP contribution is -2.37. The van der Waals surface area contributed by atoms with E-state index < -0.39 is 0 Å². The van der Waals surface area contributed by atoms with Crippen molar-refractivity contribution < 1.29 is 19.0 Å². The first kappa shape index (κ1) is 28.6. The average Bonchev–Trinajstić information content (AvgIpc) is 3.82. The minimum atomic E-state index is -0.166. The Morgan fingerprint density at radius 2 is 1.77 bits per heavy atom. The van der Waals surface area contributed by atoms with E-state index in [0.717, 1.165) is 53.8 Å². The lowest BCUT2D eigenvalue weighted by atomic mass is 9.93. The van der Waals surface area contributed by atoms with Crippen LogP contribution >= 0.6 is 34.8 Å². The Bertz CT molecular complexity index is 1390. The van der Waals surface area contributed by atoms with Crippen molar-refractivity contribution in [1.82, 2.24) is 10.6 Å². The molecule has 1 saturated carbocycles. The summed E-state index contributed by atoms with van der Waals surface area (Å²) >= 11 is 18.8. The molecule has 1 unspecified atom stereocenters. The van der Waals surface area contributed by atoms with Crippen LogP contribution in [0, 0.1) is 5.92 Å². The maximum Gasteiger partial charge on any atom is 0.249 e. The molecule has 3 aromatic carbocycles. The van der Waals surface area contributed by atoms with Gasteiger partial charge in [0, 0.05) is 23.2 Å². The Hall–Kier alpha value is -2.90. The number of ether oxygens (including phenoxy) is 3. The summed E-state index contributed by atoms with van der Waals surface area (Å²) in [6.45, 7) is 2.02. The number of nitrogens with one attached hydrogen (secondary N) is 2. The smallest absolute Gasteiger partial charge is 0.249 e. The van der Waals surface area contributed by atoms with Gasteiger partial charge in [-0.3, -0.25) is 4.79 Å². The summed E-state index contributed by atoms with van der Waals surface area (Å²) in [5.41, 5.74) is 3.66. The van der Waals surface area contributed by atoms with Gasteiger partial charge in [0.2, 0.25) is 5.91 Å². The van der Waals surface area contributed by atoms with Crippen LogP contribution in [0.25, 0.3) is 5.57 Å². The topological polar surface area (TPSA) is 68.8 Å². The van der Waals surface area contributed by atoms with Gasteiger partial charge in [-0.1, -0.05) is 59.1 Å². The van der Waals surface area contributed by atoms with Crippen molar-refractivity contribution in [3.05, 3.63) is 92.4 Å². The highest BCUT2D eigenvalue weighted by Gasteiger charge is 2.36. The van der Waals surface area contributed by atoms with Crippen molar-refractivity contribution in [2.45, 2.75) is 25.3 Å². The van der Waals surface area contributed by atoms with Crippen LogP contribution < -0.4 is 24.8 Å². The normalized spacial score (nSPS) is 15.9. The molecule has 6 nitrogen and oxygen atoms in total. The average molecular weight is 602 g/mol. The molecule has 1 atom stereocenters. The molecule has 9 heteroatoms. The number of halogens is 3. The van der Waals surface area contributed by atoms with Gasteiger partial charge in [0.05, 0.1) is 23.2 Å². The molecule has 210 valence electrons. The summed E-state index contributed by atoms with van der Waals surface area (Å²) in [7, 11) is 1.57. The van der Waals surface area contributed by atoms with E-state index in [0.29, 0.717) is 52.2 Å². The van der Waals surface area contributed by atoms with Gasteiger partial charge >= 0.3 is 0 Å². The van der Waals surface area contributed by atoms with E-state index in [1.54, 1.807) is 31.4 Å². The van der Waals surface area contributed by atoms with E-state index in [4.69, 9.17) is 49.0 Å². The highest BCUT2D eigenvalue weighted by atomic mass is 35.5. The molecule has 0 radical (unpaired) electrons. The Balaban J connectivity index is 1.24. The van der Waals surface area contributed by atoms with Crippen LogP contribution in [0.4, 0.5) is 0 Å². The molecule has 2 aliphatic rings. The molecule has 0 saturated heterocycles. The van der Waals surface area contributed by atoms with Crippen molar-refractivity contribution in [1.29, 1.82) is 0 Å². The van der Waals surface area contributed by atoms with Gasteiger partial charge < -0.3 is 24.8 Å². The van der Waals surface area contributed by atoms with Crippen LogP contribution in [0.5, 0.6) is 17.2 Å². The standard InChI is InChI=1S/C31H31Cl3N2O4/c1-38-28-17-21(32)9-12-27(28)40-16-15-39-22-10-7-19(8-11-22)23-13-14-35-18-25(23)31(37)36-30(20-5-6-20)24-3-2-4-26(33)29(24)34/h2-4,7-12,17,20,30,35H,5-6,13-16,18H2,1H3,(H,36,37). The van der Waals surface area contributed by atoms with Gasteiger partial charge in [0.1, 0.15) is 19.0 Å². The van der Waals surface area contributed by atoms with E-state index in [1.165, 1.54) is 0 Å². The summed E-state index contributed by atoms with van der Waals surface area (Å²) in [4.78, 5) is 13.6. The maximum atomic E-state index is 13.6. The largest absolute Gasteiger partial charge is 0.493 e. The van der Waals surface area contributed by atoms with Crippen LogP contribution in [0.15, 0.2) is 66.2 Å². The lowest BCUT2D eigenvalue weighted by Gasteiger charge is -2.25. The van der Waals surface area contributed by atoms with Crippen molar-refractivity contribution in [3.63, 3.8) is 0 Å². The Morgan fingerprint density at radius 3 is 2.52 bits per heavy atom. The van der Waals surface area contributed by atoms with Crippen molar-refractivity contribution >= 4 is 46.3 Å². The zero-order valence-corrected chi connectivity index (χ0v) is 24.4. The first-order valence-electron chi connectivity index (χ1n) is 13.3. The molecule has 0 bridgehead atoms. The highest BCUT2D eigenvalue weighted by Crippen LogP contribution is 2.44. The number of amides is 1. The molecule has 1 heterocycles. The fourth-order valence-corrected chi connectivity index (χ4v) is 5.50. The van der Waals surface area contributed by atoms with Gasteiger partial charge in [-0.25, -0.2) is 0 Å². The molecule has 3 aromatic rings. The molecular formula is C31H31Cl3N2O4. The number of carbonyl (C=O) groups is 1. The van der Waals surface area contributed by atoms with Crippen molar-refractivity contribution in [2.75, 3.05) is 33.4 Å². The summed E-state index contributed by atoms with van der Waals surface area (Å²) in [5.74, 6) is 2.19. The number of hydrogen-bond donors (Lipinski definition) is 2. The maximum absolute atomic E-state index is 13.6. The van der Waals surface area contributed by atoms with Crippen LogP contribution in [-0.4, -0.2) is 39.3 Å². The van der Waals surface area contributed by atoms with Crippen LogP contribution in [0.3, 0.4) is 0 Å². The molecular weight excluding hydrogens is 571 g/mol. The van der Waals surface area contributed by atoms with Crippen LogP contribution in [0.2, 0.25) is 15.1 Å². The second-order valence-electron chi connectivity index (χ2n) is 9.83. The zero-order chi connectivity index (χ0) is 28.1. The number of hydrogen-bond acceptors (Lipinski definition) is 5. The van der Waals surface area contributed by atoms with E-state index in [2.05, 4.69) is 10.6 Å². The van der Waals surface area contributed by atoms with E-state index >= 15 is 0 Å². The van der Waals surface area contributed by atoms with Crippen LogP contribution in [-0.2, 0) is 4.79 Å². The highest BCUT2D eigenvalue weighted by molar-refractivity contribution is 6.42. The predicted molar refractivity (Wildman–Crippen MR) is 160 cm³/mol. The van der Waals surface area contributed by atoms with Gasteiger partial charge in [-0.05, 0) is 78.8 Å². The summed E-state index contributed by atoms with van der Waals surface area (Å²) < 4.78 is 17.0. The minimum absolute atomic E-state index is 0.0785. The van der Waals surface area contributed by atoms with Crippen molar-refractivity contribution in [2.24, 2.45) is 5.92 Å². The van der Waals surface area contributed by atoms with E-state index in [1.807, 2.05) is 36.4 Å². The number of carbonyl (C=O) groups excluding carboxylic acids is 1. The summed E-state index contributed by atoms with van der Waals surface area (Å²) in [6, 6.07) is 18.5. The quantitative estimate of drug-likeness (QED) is 0.229. The van der Waals surface area contributed by atoms with Gasteiger partial charge in [0.15, 0.2) is 11.5 Å². The SMILES string of the molecule is COc1cc(Cl)ccc1OCCOc1ccc(C2=C(C(=O)NC(c3cccc(Cl)c3Cl)C3CC3)CNCC2)cc1. The molecule has 5 rings (SSSR count). The Morgan fingerprint density at radius 1 is 1.00 bits per heavy atom. The van der Waals surface area contributed by atoms with Gasteiger partial charge in [-0.15, -0.1) is 0 Å². The second kappa shape index (κ2) is 13.2. The number of benzene rings is 3. The zero-order valence-electron chi connectivity index (χ0n) is 22.1. The van der Waals surface area contributed by atoms with Gasteiger partial charge in [0.25, 0.3) is 0 Å². The molecule has 1 aliphatic carbocycles. The predicted octanol–water partition coefficient (Wildman–Crippen LogP) is 7.13. The summed E-state index contributed by atoms with van der Waals surface area (Å²) in [6.07, 6.45) is 2.86. The first-order valence-corrected chi connectivity index (χ1v) is 14.4. The van der Waals surface area contributed by atoms with Gasteiger partial charge in [-0.2, -0.15) is 0 Å². The van der Waals surface area contributed by atoms with Crippen LogP contribution in [0.1, 0.15) is 36.4 Å². The Kier molecular flexibility index (Phi) is 9.43. The van der Waals surface area contributed by atoms with Crippen molar-refractivity contribution in [3.8, 4) is 17.2 Å². The summed E-state index contributed by atoms with van der Waals surface area (Å²) in [5, 5.41) is 8.20. The molecule has 1 fully saturated rings. The molecule has 40 heavy (non-hydrogen) atoms. The van der Waals surface area contributed by atoms with E-state index in [9.17, 15) is 4.79 Å². The first-order chi connectivity index (χ1) is 19.4. The monoisotopic (exact) mass is 600 g/mol.